The van der Waals surface area contributed by atoms with Crippen molar-refractivity contribution in [2.24, 2.45) is 0 Å². The van der Waals surface area contributed by atoms with Crippen molar-refractivity contribution in [3.05, 3.63) is 32.3 Å². The van der Waals surface area contributed by atoms with Gasteiger partial charge in [0.25, 0.3) is 5.69 Å². The van der Waals surface area contributed by atoms with Crippen molar-refractivity contribution in [3.63, 3.8) is 0 Å². The molecule has 1 saturated carbocycles. The van der Waals surface area contributed by atoms with Crippen LogP contribution in [-0.4, -0.2) is 29.2 Å². The highest BCUT2D eigenvalue weighted by Crippen LogP contribution is 2.39. The minimum Gasteiger partial charge on any atom is -0.395 e. The summed E-state index contributed by atoms with van der Waals surface area (Å²) >= 11 is 11.9. The molecule has 2 rings (SSSR count). The molecule has 0 aliphatic heterocycles. The molecule has 0 heterocycles. The first kappa shape index (κ1) is 15.4. The summed E-state index contributed by atoms with van der Waals surface area (Å²) in [5, 5.41) is 20.9. The van der Waals surface area contributed by atoms with Gasteiger partial charge >= 0.3 is 0 Å². The van der Waals surface area contributed by atoms with Gasteiger partial charge in [0, 0.05) is 18.7 Å². The smallest absolute Gasteiger partial charge is 0.294 e. The maximum absolute atomic E-state index is 11.2. The number of aliphatic hydroxyl groups excluding tert-OH is 1. The average Bonchev–Trinajstić information content (AvgIpc) is 2.92. The highest BCUT2D eigenvalue weighted by Gasteiger charge is 2.28. The molecule has 5 nitrogen and oxygen atoms in total. The summed E-state index contributed by atoms with van der Waals surface area (Å²) in [6.07, 6.45) is 4.14. The van der Waals surface area contributed by atoms with E-state index in [0.717, 1.165) is 25.7 Å². The molecule has 0 amide bonds. The number of halogens is 2. The lowest BCUT2D eigenvalue weighted by Crippen LogP contribution is -2.36. The van der Waals surface area contributed by atoms with E-state index < -0.39 is 4.92 Å². The van der Waals surface area contributed by atoms with Crippen LogP contribution in [-0.2, 0) is 0 Å². The fraction of sp³-hybridized carbons (Fsp3) is 0.538. The molecule has 0 spiro atoms. The van der Waals surface area contributed by atoms with E-state index in [4.69, 9.17) is 23.2 Å². The Labute approximate surface area is 127 Å². The molecule has 1 aliphatic rings. The molecule has 0 saturated heterocycles. The molecule has 1 aromatic rings. The Bertz CT molecular complexity index is 505. The fourth-order valence-corrected chi connectivity index (χ4v) is 3.04. The number of hydrogen-bond donors (Lipinski definition) is 1. The van der Waals surface area contributed by atoms with Crippen molar-refractivity contribution in [2.45, 2.75) is 31.7 Å². The lowest BCUT2D eigenvalue weighted by atomic mass is 10.1. The molecule has 7 heteroatoms. The monoisotopic (exact) mass is 318 g/mol. The Morgan fingerprint density at radius 3 is 2.45 bits per heavy atom. The number of nitro groups is 1. The fourth-order valence-electron chi connectivity index (χ4n) is 2.73. The van der Waals surface area contributed by atoms with E-state index in [9.17, 15) is 15.2 Å². The summed E-state index contributed by atoms with van der Waals surface area (Å²) in [6.45, 7) is 0.289. The molecule has 1 aliphatic carbocycles. The van der Waals surface area contributed by atoms with Crippen molar-refractivity contribution in [1.82, 2.24) is 0 Å². The first-order chi connectivity index (χ1) is 9.54. The van der Waals surface area contributed by atoms with Crippen LogP contribution in [0, 0.1) is 10.1 Å². The van der Waals surface area contributed by atoms with Gasteiger partial charge in [-0.3, -0.25) is 10.1 Å². The Morgan fingerprint density at radius 1 is 1.30 bits per heavy atom. The summed E-state index contributed by atoms with van der Waals surface area (Å²) in [6, 6.07) is 3.01. The molecule has 0 atom stereocenters. The van der Waals surface area contributed by atoms with Crippen LogP contribution in [0.25, 0.3) is 0 Å². The van der Waals surface area contributed by atoms with Gasteiger partial charge in [-0.2, -0.15) is 0 Å². The molecule has 1 fully saturated rings. The van der Waals surface area contributed by atoms with Gasteiger partial charge in [-0.15, -0.1) is 0 Å². The molecule has 1 aromatic carbocycles. The zero-order valence-corrected chi connectivity index (χ0v) is 12.4. The third-order valence-corrected chi connectivity index (χ3v) is 4.35. The number of nitro benzene ring substituents is 1. The van der Waals surface area contributed by atoms with Crippen LogP contribution in [0.1, 0.15) is 25.7 Å². The second-order valence-corrected chi connectivity index (χ2v) is 5.68. The molecular formula is C13H16Cl2N2O3. The van der Waals surface area contributed by atoms with E-state index >= 15 is 0 Å². The van der Waals surface area contributed by atoms with Crippen LogP contribution in [0.3, 0.4) is 0 Å². The molecule has 0 aromatic heterocycles. The molecule has 0 unspecified atom stereocenters. The van der Waals surface area contributed by atoms with Crippen LogP contribution in [0.4, 0.5) is 11.4 Å². The highest BCUT2D eigenvalue weighted by molar-refractivity contribution is 6.42. The van der Waals surface area contributed by atoms with Crippen molar-refractivity contribution < 1.29 is 10.0 Å². The van der Waals surface area contributed by atoms with E-state index in [1.165, 1.54) is 12.1 Å². The summed E-state index contributed by atoms with van der Waals surface area (Å²) in [5.41, 5.74) is 0.366. The van der Waals surface area contributed by atoms with Crippen LogP contribution in [0.2, 0.25) is 10.0 Å². The third kappa shape index (κ3) is 3.16. The van der Waals surface area contributed by atoms with Gasteiger partial charge in [-0.1, -0.05) is 36.0 Å². The summed E-state index contributed by atoms with van der Waals surface area (Å²) < 4.78 is 0. The minimum absolute atomic E-state index is 0.0616. The summed E-state index contributed by atoms with van der Waals surface area (Å²) in [7, 11) is 0. The maximum atomic E-state index is 11.2. The van der Waals surface area contributed by atoms with E-state index in [2.05, 4.69) is 0 Å². The first-order valence-corrected chi connectivity index (χ1v) is 7.31. The number of rotatable bonds is 5. The van der Waals surface area contributed by atoms with E-state index in [-0.39, 0.29) is 28.4 Å². The lowest BCUT2D eigenvalue weighted by Gasteiger charge is -2.30. The first-order valence-electron chi connectivity index (χ1n) is 6.55. The Hall–Kier alpha value is -1.04. The Balaban J connectivity index is 2.45. The normalized spacial score (nSPS) is 15.6. The number of hydrogen-bond acceptors (Lipinski definition) is 4. The largest absolute Gasteiger partial charge is 0.395 e. The molecule has 20 heavy (non-hydrogen) atoms. The molecule has 110 valence electrons. The van der Waals surface area contributed by atoms with Gasteiger partial charge in [0.15, 0.2) is 0 Å². The molecule has 0 radical (unpaired) electrons. The second-order valence-electron chi connectivity index (χ2n) is 4.87. The van der Waals surface area contributed by atoms with Crippen molar-refractivity contribution in [1.29, 1.82) is 0 Å². The quantitative estimate of drug-likeness (QED) is 0.664. The summed E-state index contributed by atoms with van der Waals surface area (Å²) in [4.78, 5) is 12.6. The Morgan fingerprint density at radius 2 is 1.90 bits per heavy atom. The zero-order chi connectivity index (χ0) is 14.7. The van der Waals surface area contributed by atoms with Crippen LogP contribution in [0.15, 0.2) is 12.1 Å². The van der Waals surface area contributed by atoms with Gasteiger partial charge in [0.1, 0.15) is 5.69 Å². The average molecular weight is 319 g/mol. The maximum Gasteiger partial charge on any atom is 0.294 e. The van der Waals surface area contributed by atoms with Crippen molar-refractivity contribution in [2.75, 3.05) is 18.1 Å². The van der Waals surface area contributed by atoms with Crippen molar-refractivity contribution in [3.8, 4) is 0 Å². The Kier molecular flexibility index (Phi) is 5.07. The van der Waals surface area contributed by atoms with Gasteiger partial charge < -0.3 is 10.0 Å². The zero-order valence-electron chi connectivity index (χ0n) is 10.9. The van der Waals surface area contributed by atoms with Crippen molar-refractivity contribution >= 4 is 34.6 Å². The van der Waals surface area contributed by atoms with Crippen LogP contribution in [0.5, 0.6) is 0 Å². The molecular weight excluding hydrogens is 303 g/mol. The van der Waals surface area contributed by atoms with E-state index in [0.29, 0.717) is 12.2 Å². The predicted molar refractivity (Wildman–Crippen MR) is 79.8 cm³/mol. The van der Waals surface area contributed by atoms with Gasteiger partial charge in [0.2, 0.25) is 0 Å². The predicted octanol–water partition coefficient (Wildman–Crippen LogP) is 3.64. The summed E-state index contributed by atoms with van der Waals surface area (Å²) in [5.74, 6) is 0. The standard InChI is InChI=1S/C13H16Cl2N2O3/c14-10-7-12(13(17(19)20)8-11(10)15)16(5-6-18)9-3-1-2-4-9/h7-9,18H,1-6H2. The SMILES string of the molecule is O=[N+]([O-])c1cc(Cl)c(Cl)cc1N(CCO)C1CCCC1. The van der Waals surface area contributed by atoms with Crippen LogP contribution < -0.4 is 4.90 Å². The highest BCUT2D eigenvalue weighted by atomic mass is 35.5. The van der Waals surface area contributed by atoms with Crippen LogP contribution >= 0.6 is 23.2 Å². The number of aliphatic hydroxyl groups is 1. The van der Waals surface area contributed by atoms with E-state index in [1.807, 2.05) is 4.90 Å². The van der Waals surface area contributed by atoms with Gasteiger partial charge in [0.05, 0.1) is 21.6 Å². The second kappa shape index (κ2) is 6.61. The number of nitrogens with zero attached hydrogens (tertiary/aromatic N) is 2. The van der Waals surface area contributed by atoms with E-state index in [1.54, 1.807) is 0 Å². The molecule has 1 N–H and O–H groups in total. The topological polar surface area (TPSA) is 66.6 Å². The molecule has 0 bridgehead atoms. The number of anilines is 1. The minimum atomic E-state index is -0.461. The van der Waals surface area contributed by atoms with Gasteiger partial charge in [-0.05, 0) is 18.9 Å². The third-order valence-electron chi connectivity index (χ3n) is 3.63. The van der Waals surface area contributed by atoms with Gasteiger partial charge in [-0.25, -0.2) is 0 Å². The lowest BCUT2D eigenvalue weighted by molar-refractivity contribution is -0.384. The number of benzene rings is 1.